The van der Waals surface area contributed by atoms with E-state index in [0.717, 1.165) is 13.2 Å². The van der Waals surface area contributed by atoms with Crippen LogP contribution in [0.3, 0.4) is 0 Å². The van der Waals surface area contributed by atoms with E-state index in [4.69, 9.17) is 4.74 Å². The summed E-state index contributed by atoms with van der Waals surface area (Å²) in [5.74, 6) is 0. The summed E-state index contributed by atoms with van der Waals surface area (Å²) in [5, 5.41) is 3.43. The molecule has 0 aromatic rings. The third-order valence-corrected chi connectivity index (χ3v) is 2.82. The van der Waals surface area contributed by atoms with Gasteiger partial charge in [-0.1, -0.05) is 26.7 Å². The van der Waals surface area contributed by atoms with Crippen molar-refractivity contribution in [2.75, 3.05) is 13.2 Å². The van der Waals surface area contributed by atoms with Gasteiger partial charge in [0.15, 0.2) is 0 Å². The highest BCUT2D eigenvalue weighted by Gasteiger charge is 2.16. The van der Waals surface area contributed by atoms with E-state index in [-0.39, 0.29) is 0 Å². The lowest BCUT2D eigenvalue weighted by Crippen LogP contribution is -2.33. The molecule has 1 saturated carbocycles. The van der Waals surface area contributed by atoms with E-state index in [2.05, 4.69) is 19.2 Å². The average molecular weight is 185 g/mol. The number of ether oxygens (including phenoxy) is 1. The third kappa shape index (κ3) is 4.10. The number of rotatable bonds is 6. The second-order valence-corrected chi connectivity index (χ2v) is 3.90. The Morgan fingerprint density at radius 3 is 2.54 bits per heavy atom. The zero-order valence-corrected chi connectivity index (χ0v) is 9.01. The van der Waals surface area contributed by atoms with Crippen molar-refractivity contribution in [2.24, 2.45) is 0 Å². The first-order valence-corrected chi connectivity index (χ1v) is 5.71. The van der Waals surface area contributed by atoms with Crippen LogP contribution >= 0.6 is 0 Å². The molecular formula is C11H23NO. The number of hydrogen-bond acceptors (Lipinski definition) is 2. The summed E-state index contributed by atoms with van der Waals surface area (Å²) < 4.78 is 5.85. The molecule has 0 saturated heterocycles. The Balaban J connectivity index is 2.07. The van der Waals surface area contributed by atoms with Crippen LogP contribution in [0.5, 0.6) is 0 Å². The van der Waals surface area contributed by atoms with Gasteiger partial charge in [0.1, 0.15) is 0 Å². The van der Waals surface area contributed by atoms with Gasteiger partial charge >= 0.3 is 0 Å². The third-order valence-electron chi connectivity index (χ3n) is 2.82. The average Bonchev–Trinajstić information content (AvgIpc) is 2.64. The normalized spacial score (nSPS) is 20.8. The molecule has 0 amide bonds. The molecule has 2 heteroatoms. The first kappa shape index (κ1) is 11.0. The van der Waals surface area contributed by atoms with Crippen LogP contribution in [0.4, 0.5) is 0 Å². The van der Waals surface area contributed by atoms with Crippen LogP contribution in [0.2, 0.25) is 0 Å². The van der Waals surface area contributed by atoms with Gasteiger partial charge in [0, 0.05) is 6.04 Å². The minimum atomic E-state index is 0.561. The summed E-state index contributed by atoms with van der Waals surface area (Å²) in [6, 6.07) is 0.561. The van der Waals surface area contributed by atoms with Gasteiger partial charge in [0.2, 0.25) is 0 Å². The molecule has 0 radical (unpaired) electrons. The second kappa shape index (κ2) is 6.39. The minimum Gasteiger partial charge on any atom is -0.377 e. The summed E-state index contributed by atoms with van der Waals surface area (Å²) in [4.78, 5) is 0. The highest BCUT2D eigenvalue weighted by Crippen LogP contribution is 2.20. The van der Waals surface area contributed by atoms with Gasteiger partial charge < -0.3 is 10.1 Å². The highest BCUT2D eigenvalue weighted by molar-refractivity contribution is 4.69. The molecule has 0 aliphatic heterocycles. The number of nitrogens with one attached hydrogen (secondary N) is 1. The van der Waals surface area contributed by atoms with E-state index in [9.17, 15) is 0 Å². The van der Waals surface area contributed by atoms with E-state index in [0.29, 0.717) is 12.1 Å². The summed E-state index contributed by atoms with van der Waals surface area (Å²) in [5.41, 5.74) is 0. The van der Waals surface area contributed by atoms with Crippen LogP contribution in [0.15, 0.2) is 0 Å². The summed E-state index contributed by atoms with van der Waals surface area (Å²) in [7, 11) is 0. The predicted octanol–water partition coefficient (Wildman–Crippen LogP) is 2.33. The Kier molecular flexibility index (Phi) is 5.40. The fourth-order valence-electron chi connectivity index (χ4n) is 1.92. The number of hydrogen-bond donors (Lipinski definition) is 1. The van der Waals surface area contributed by atoms with Gasteiger partial charge in [-0.2, -0.15) is 0 Å². The first-order chi connectivity index (χ1) is 6.36. The van der Waals surface area contributed by atoms with E-state index < -0.39 is 0 Å². The first-order valence-electron chi connectivity index (χ1n) is 5.71. The van der Waals surface area contributed by atoms with Crippen LogP contribution in [0, 0.1) is 0 Å². The van der Waals surface area contributed by atoms with Crippen molar-refractivity contribution in [1.29, 1.82) is 0 Å². The molecule has 0 heterocycles. The molecular weight excluding hydrogens is 162 g/mol. The van der Waals surface area contributed by atoms with Gasteiger partial charge in [-0.3, -0.25) is 0 Å². The fraction of sp³-hybridized carbons (Fsp3) is 1.00. The summed E-state index contributed by atoms with van der Waals surface area (Å²) >= 11 is 0. The van der Waals surface area contributed by atoms with E-state index in [1.54, 1.807) is 0 Å². The molecule has 0 spiro atoms. The van der Waals surface area contributed by atoms with E-state index in [1.165, 1.54) is 32.1 Å². The SMILES string of the molecule is CCNC(CC)COC1CCCC1. The number of likely N-dealkylation sites (N-methyl/N-ethyl adjacent to an activating group) is 1. The molecule has 0 bridgehead atoms. The van der Waals surface area contributed by atoms with Crippen molar-refractivity contribution in [1.82, 2.24) is 5.32 Å². The molecule has 1 atom stereocenters. The molecule has 1 fully saturated rings. The predicted molar refractivity (Wildman–Crippen MR) is 56.0 cm³/mol. The van der Waals surface area contributed by atoms with E-state index in [1.807, 2.05) is 0 Å². The fourth-order valence-corrected chi connectivity index (χ4v) is 1.92. The molecule has 1 unspecified atom stereocenters. The zero-order chi connectivity index (χ0) is 9.52. The van der Waals surface area contributed by atoms with Crippen molar-refractivity contribution in [3.8, 4) is 0 Å². The van der Waals surface area contributed by atoms with Crippen molar-refractivity contribution in [3.05, 3.63) is 0 Å². The van der Waals surface area contributed by atoms with Crippen LogP contribution in [0.25, 0.3) is 0 Å². The molecule has 1 aliphatic carbocycles. The maximum absolute atomic E-state index is 5.85. The lowest BCUT2D eigenvalue weighted by molar-refractivity contribution is 0.0424. The monoisotopic (exact) mass is 185 g/mol. The Labute approximate surface area is 82.0 Å². The van der Waals surface area contributed by atoms with Crippen molar-refractivity contribution < 1.29 is 4.74 Å². The standard InChI is InChI=1S/C11H23NO/c1-3-10(12-4-2)9-13-11-7-5-6-8-11/h10-12H,3-9H2,1-2H3. The van der Waals surface area contributed by atoms with Crippen molar-refractivity contribution >= 4 is 0 Å². The van der Waals surface area contributed by atoms with Crippen molar-refractivity contribution in [3.63, 3.8) is 0 Å². The zero-order valence-electron chi connectivity index (χ0n) is 9.01. The molecule has 1 aliphatic rings. The van der Waals surface area contributed by atoms with Crippen LogP contribution in [-0.2, 0) is 4.74 Å². The van der Waals surface area contributed by atoms with Gasteiger partial charge in [0.05, 0.1) is 12.7 Å². The topological polar surface area (TPSA) is 21.3 Å². The Bertz CT molecular complexity index is 121. The molecule has 13 heavy (non-hydrogen) atoms. The van der Waals surface area contributed by atoms with Crippen molar-refractivity contribution in [2.45, 2.75) is 58.1 Å². The maximum Gasteiger partial charge on any atom is 0.0623 e. The maximum atomic E-state index is 5.85. The smallest absolute Gasteiger partial charge is 0.0623 e. The second-order valence-electron chi connectivity index (χ2n) is 3.90. The lowest BCUT2D eigenvalue weighted by Gasteiger charge is -2.18. The van der Waals surface area contributed by atoms with Crippen LogP contribution in [0.1, 0.15) is 46.0 Å². The van der Waals surface area contributed by atoms with Crippen LogP contribution < -0.4 is 5.32 Å². The molecule has 0 aromatic heterocycles. The van der Waals surface area contributed by atoms with Gasteiger partial charge in [0.25, 0.3) is 0 Å². The highest BCUT2D eigenvalue weighted by atomic mass is 16.5. The molecule has 78 valence electrons. The molecule has 1 rings (SSSR count). The molecule has 0 aromatic carbocycles. The Morgan fingerprint density at radius 2 is 2.00 bits per heavy atom. The molecule has 1 N–H and O–H groups in total. The summed E-state index contributed by atoms with van der Waals surface area (Å²) in [6.45, 7) is 6.31. The van der Waals surface area contributed by atoms with Gasteiger partial charge in [-0.25, -0.2) is 0 Å². The quantitative estimate of drug-likeness (QED) is 0.686. The minimum absolute atomic E-state index is 0.561. The van der Waals surface area contributed by atoms with Crippen LogP contribution in [-0.4, -0.2) is 25.3 Å². The molecule has 2 nitrogen and oxygen atoms in total. The Hall–Kier alpha value is -0.0800. The van der Waals surface area contributed by atoms with E-state index >= 15 is 0 Å². The summed E-state index contributed by atoms with van der Waals surface area (Å²) in [6.07, 6.45) is 7.02. The van der Waals surface area contributed by atoms with Gasteiger partial charge in [-0.15, -0.1) is 0 Å². The largest absolute Gasteiger partial charge is 0.377 e. The lowest BCUT2D eigenvalue weighted by atomic mass is 10.2. The van der Waals surface area contributed by atoms with Gasteiger partial charge in [-0.05, 0) is 25.8 Å². The Morgan fingerprint density at radius 1 is 1.31 bits per heavy atom.